The molecule has 2 aromatic carbocycles. The van der Waals surface area contributed by atoms with Gasteiger partial charge in [0.05, 0.1) is 48.4 Å². The molecule has 0 aliphatic carbocycles. The molecule has 274 valence electrons. The van der Waals surface area contributed by atoms with Gasteiger partial charge in [-0.05, 0) is 25.0 Å². The van der Waals surface area contributed by atoms with Crippen LogP contribution in [0.15, 0.2) is 60.7 Å². The molecule has 0 N–H and O–H groups in total. The number of carbonyl (C=O) groups is 4. The van der Waals surface area contributed by atoms with Crippen LogP contribution in [0.5, 0.6) is 0 Å². The lowest BCUT2D eigenvalue weighted by Gasteiger charge is -2.42. The lowest BCUT2D eigenvalue weighted by molar-refractivity contribution is -0.193. The number of rotatable bonds is 8. The molecule has 2 amide bonds. The molecule has 4 aliphatic rings. The maximum Gasteiger partial charge on any atom is 0.418 e. The molecule has 2 aromatic rings. The van der Waals surface area contributed by atoms with Crippen LogP contribution < -0.4 is 0 Å². The highest BCUT2D eigenvalue weighted by atomic mass is 32.2. The van der Waals surface area contributed by atoms with Crippen LogP contribution >= 0.6 is 23.5 Å². The Balaban J connectivity index is 1.07. The maximum atomic E-state index is 13.7. The fraction of sp³-hybridized carbons (Fsp3) is 0.500. The summed E-state index contributed by atoms with van der Waals surface area (Å²) in [6.45, 7) is 8.47. The van der Waals surface area contributed by atoms with E-state index in [1.807, 2.05) is 74.5 Å². The summed E-state index contributed by atoms with van der Waals surface area (Å²) in [5.41, 5.74) is -0.270. The molecule has 0 bridgehead atoms. The molecule has 0 radical (unpaired) electrons. The minimum Gasteiger partial charge on any atom is -0.446 e. The highest BCUT2D eigenvalue weighted by Crippen LogP contribution is 2.39. The summed E-state index contributed by atoms with van der Waals surface area (Å²) in [5.74, 6) is 12.0. The summed E-state index contributed by atoms with van der Waals surface area (Å²) in [5, 5.41) is 0.292. The Hall–Kier alpha value is -3.94. The van der Waals surface area contributed by atoms with Gasteiger partial charge in [0, 0.05) is 51.9 Å². The summed E-state index contributed by atoms with van der Waals surface area (Å²) in [6.07, 6.45) is 2.00. The average molecular weight is 743 g/mol. The number of ether oxygens (including phenoxy) is 2. The predicted molar refractivity (Wildman–Crippen MR) is 203 cm³/mol. The molecule has 4 aliphatic heterocycles. The van der Waals surface area contributed by atoms with Crippen LogP contribution in [-0.4, -0.2) is 118 Å². The van der Waals surface area contributed by atoms with Crippen molar-refractivity contribution in [1.82, 2.24) is 19.6 Å². The highest BCUT2D eigenvalue weighted by Gasteiger charge is 2.45. The first-order valence-corrected chi connectivity index (χ1v) is 20.0. The molecule has 0 aromatic heterocycles. The summed E-state index contributed by atoms with van der Waals surface area (Å²) in [7, 11) is 0. The molecule has 6 rings (SSSR count). The number of carbonyl (C=O) groups excluding carboxylic acids is 4. The molecule has 4 fully saturated rings. The minimum atomic E-state index is -0.994. The van der Waals surface area contributed by atoms with Crippen LogP contribution in [0.2, 0.25) is 0 Å². The number of amides is 2. The molecule has 4 saturated heterocycles. The fourth-order valence-corrected chi connectivity index (χ4v) is 9.00. The average Bonchev–Trinajstić information content (AvgIpc) is 3.67. The molecule has 52 heavy (non-hydrogen) atoms. The first-order chi connectivity index (χ1) is 25.2. The van der Waals surface area contributed by atoms with E-state index in [-0.39, 0.29) is 22.6 Å². The number of thioether (sulfide) groups is 2. The Kier molecular flexibility index (Phi) is 12.5. The third-order valence-corrected chi connectivity index (χ3v) is 12.7. The van der Waals surface area contributed by atoms with Gasteiger partial charge in [-0.25, -0.2) is 9.59 Å². The summed E-state index contributed by atoms with van der Waals surface area (Å²) in [6, 6.07) is 19.2. The van der Waals surface area contributed by atoms with E-state index < -0.39 is 23.1 Å². The van der Waals surface area contributed by atoms with E-state index in [0.717, 1.165) is 11.1 Å². The maximum absolute atomic E-state index is 13.7. The Labute approximate surface area is 315 Å². The van der Waals surface area contributed by atoms with E-state index in [4.69, 9.17) is 9.47 Å². The Morgan fingerprint density at radius 1 is 0.615 bits per heavy atom. The molecule has 2 atom stereocenters. The minimum absolute atomic E-state index is 0.126. The van der Waals surface area contributed by atoms with Gasteiger partial charge in [-0.3, -0.25) is 19.4 Å². The van der Waals surface area contributed by atoms with Gasteiger partial charge in [0.1, 0.15) is 11.2 Å². The molecule has 4 heterocycles. The Morgan fingerprint density at radius 3 is 1.29 bits per heavy atom. The Bertz CT molecular complexity index is 1590. The number of piperidine rings is 2. The van der Waals surface area contributed by atoms with Crippen molar-refractivity contribution in [2.75, 3.05) is 63.9 Å². The summed E-state index contributed by atoms with van der Waals surface area (Å²) < 4.78 is 12.4. The van der Waals surface area contributed by atoms with Crippen LogP contribution in [0.25, 0.3) is 0 Å². The van der Waals surface area contributed by atoms with E-state index in [1.165, 1.54) is 0 Å². The van der Waals surface area contributed by atoms with Crippen LogP contribution in [0.1, 0.15) is 50.7 Å². The number of hydrogen-bond acceptors (Lipinski definition) is 10. The second-order valence-electron chi connectivity index (χ2n) is 13.6. The van der Waals surface area contributed by atoms with E-state index in [2.05, 4.69) is 33.5 Å². The molecule has 0 saturated carbocycles. The number of benzene rings is 2. The zero-order valence-electron chi connectivity index (χ0n) is 29.9. The van der Waals surface area contributed by atoms with Gasteiger partial charge in [-0.2, -0.15) is 0 Å². The van der Waals surface area contributed by atoms with E-state index >= 15 is 0 Å². The van der Waals surface area contributed by atoms with Crippen molar-refractivity contribution in [3.05, 3.63) is 71.8 Å². The molecular weight excluding hydrogens is 697 g/mol. The molecule has 2 unspecified atom stereocenters. The van der Waals surface area contributed by atoms with Crippen molar-refractivity contribution in [1.29, 1.82) is 0 Å². The first-order valence-electron chi connectivity index (χ1n) is 17.9. The van der Waals surface area contributed by atoms with E-state index in [0.29, 0.717) is 89.5 Å². The number of nitrogens with zero attached hydrogens (tertiary/aromatic N) is 4. The van der Waals surface area contributed by atoms with Crippen molar-refractivity contribution >= 4 is 47.3 Å². The zero-order chi connectivity index (χ0) is 36.6. The number of hydrogen-bond donors (Lipinski definition) is 0. The van der Waals surface area contributed by atoms with Gasteiger partial charge >= 0.3 is 11.9 Å². The molecule has 10 nitrogen and oxygen atoms in total. The zero-order valence-corrected chi connectivity index (χ0v) is 31.5. The SMILES string of the molecule is CC1SCC(=O)N1CC#CCN1CCC(OC(=O)C(=O)OC2(c3ccccc3)CCN(CC#CCN3C(=O)CSC3C)CC2)(c2ccccc2)CC1. The standard InChI is InChI=1S/C40H46N4O6S2/c1-31-43(35(45)29-51-31)23-11-9-21-41-25-17-39(18-26-41,33-13-5-3-6-14-33)49-37(47)38(48)50-40(34-15-7-4-8-16-34)19-27-42(28-20-40)22-10-12-24-44-32(2)52-30-36(44)46/h3-8,13-16,31-32H,17-30H2,1-2H3. The fourth-order valence-electron chi connectivity index (χ4n) is 7.15. The van der Waals surface area contributed by atoms with E-state index in [9.17, 15) is 19.2 Å². The van der Waals surface area contributed by atoms with Gasteiger partial charge in [0.2, 0.25) is 11.8 Å². The third-order valence-electron chi connectivity index (χ3n) is 10.4. The molecule has 0 spiro atoms. The first kappa shape index (κ1) is 37.8. The van der Waals surface area contributed by atoms with E-state index in [1.54, 1.807) is 33.3 Å². The van der Waals surface area contributed by atoms with Crippen molar-refractivity contribution in [2.45, 2.75) is 61.5 Å². The lowest BCUT2D eigenvalue weighted by Crippen LogP contribution is -2.48. The van der Waals surface area contributed by atoms with Crippen LogP contribution in [0.3, 0.4) is 0 Å². The second kappa shape index (κ2) is 17.3. The van der Waals surface area contributed by atoms with Crippen molar-refractivity contribution in [3.8, 4) is 23.7 Å². The van der Waals surface area contributed by atoms with Gasteiger partial charge in [0.25, 0.3) is 0 Å². The van der Waals surface area contributed by atoms with Crippen molar-refractivity contribution in [3.63, 3.8) is 0 Å². The summed E-state index contributed by atoms with van der Waals surface area (Å²) in [4.78, 5) is 59.5. The second-order valence-corrected chi connectivity index (χ2v) is 16.2. The molecule has 12 heteroatoms. The van der Waals surface area contributed by atoms with Gasteiger partial charge in [-0.15, -0.1) is 23.5 Å². The summed E-state index contributed by atoms with van der Waals surface area (Å²) >= 11 is 3.25. The smallest absolute Gasteiger partial charge is 0.418 e. The van der Waals surface area contributed by atoms with Crippen LogP contribution in [0.4, 0.5) is 0 Å². The van der Waals surface area contributed by atoms with Crippen LogP contribution in [0, 0.1) is 23.7 Å². The van der Waals surface area contributed by atoms with Gasteiger partial charge in [-0.1, -0.05) is 84.3 Å². The lowest BCUT2D eigenvalue weighted by atomic mass is 9.83. The Morgan fingerprint density at radius 2 is 0.962 bits per heavy atom. The van der Waals surface area contributed by atoms with Gasteiger partial charge in [0.15, 0.2) is 0 Å². The predicted octanol–water partition coefficient (Wildman–Crippen LogP) is 3.91. The highest BCUT2D eigenvalue weighted by molar-refractivity contribution is 8.01. The molecular formula is C40H46N4O6S2. The van der Waals surface area contributed by atoms with Gasteiger partial charge < -0.3 is 19.3 Å². The largest absolute Gasteiger partial charge is 0.446 e. The van der Waals surface area contributed by atoms with Crippen molar-refractivity contribution < 1.29 is 28.7 Å². The van der Waals surface area contributed by atoms with Crippen molar-refractivity contribution in [2.24, 2.45) is 0 Å². The number of likely N-dealkylation sites (tertiary alicyclic amines) is 2. The number of esters is 2. The quantitative estimate of drug-likeness (QED) is 0.225. The monoisotopic (exact) mass is 742 g/mol. The van der Waals surface area contributed by atoms with Crippen LogP contribution in [-0.2, 0) is 39.9 Å². The normalized spacial score (nSPS) is 23.0. The topological polar surface area (TPSA) is 99.7 Å². The third kappa shape index (κ3) is 8.98.